The van der Waals surface area contributed by atoms with E-state index in [1.807, 2.05) is 30.1 Å². The first kappa shape index (κ1) is 11.4. The van der Waals surface area contributed by atoms with E-state index < -0.39 is 0 Å². The molecule has 15 heavy (non-hydrogen) atoms. The van der Waals surface area contributed by atoms with Crippen LogP contribution in [-0.2, 0) is 6.54 Å². The second kappa shape index (κ2) is 5.28. The van der Waals surface area contributed by atoms with Crippen LogP contribution in [0.25, 0.3) is 0 Å². The molecule has 0 radical (unpaired) electrons. The van der Waals surface area contributed by atoms with Gasteiger partial charge in [0.05, 0.1) is 13.7 Å². The molecule has 0 amide bonds. The number of hydrogen-bond donors (Lipinski definition) is 1. The number of rotatable bonds is 4. The molecule has 0 unspecified atom stereocenters. The van der Waals surface area contributed by atoms with Gasteiger partial charge in [-0.3, -0.25) is 4.90 Å². The number of methoxy groups -OCH3 is 1. The topological polar surface area (TPSA) is 38.5 Å². The maximum atomic E-state index is 5.67. The Morgan fingerprint density at radius 2 is 2.27 bits per heavy atom. The Labute approximate surface area is 90.8 Å². The van der Waals surface area contributed by atoms with Crippen LogP contribution < -0.4 is 10.5 Å². The summed E-state index contributed by atoms with van der Waals surface area (Å²) in [6.07, 6.45) is 5.23. The van der Waals surface area contributed by atoms with Gasteiger partial charge in [0.2, 0.25) is 0 Å². The van der Waals surface area contributed by atoms with Crippen molar-refractivity contribution in [2.75, 3.05) is 26.4 Å². The normalized spacial score (nSPS) is 10.0. The van der Waals surface area contributed by atoms with Crippen LogP contribution in [0.4, 0.5) is 5.69 Å². The highest BCUT2D eigenvalue weighted by molar-refractivity contribution is 5.48. The van der Waals surface area contributed by atoms with Crippen molar-refractivity contribution in [3.8, 4) is 18.1 Å². The van der Waals surface area contributed by atoms with E-state index in [0.717, 1.165) is 17.9 Å². The third-order valence-corrected chi connectivity index (χ3v) is 2.11. The average molecular weight is 204 g/mol. The molecule has 0 heterocycles. The monoisotopic (exact) mass is 204 g/mol. The van der Waals surface area contributed by atoms with Gasteiger partial charge >= 0.3 is 0 Å². The molecule has 0 spiro atoms. The van der Waals surface area contributed by atoms with Crippen LogP contribution >= 0.6 is 0 Å². The summed E-state index contributed by atoms with van der Waals surface area (Å²) in [5.74, 6) is 3.40. The maximum absolute atomic E-state index is 5.67. The van der Waals surface area contributed by atoms with Crippen LogP contribution in [0.3, 0.4) is 0 Å². The lowest BCUT2D eigenvalue weighted by Gasteiger charge is -2.16. The predicted molar refractivity (Wildman–Crippen MR) is 62.6 cm³/mol. The van der Waals surface area contributed by atoms with Crippen molar-refractivity contribution in [3.63, 3.8) is 0 Å². The van der Waals surface area contributed by atoms with E-state index in [-0.39, 0.29) is 0 Å². The van der Waals surface area contributed by atoms with Gasteiger partial charge in [-0.2, -0.15) is 0 Å². The van der Waals surface area contributed by atoms with E-state index in [1.54, 1.807) is 7.11 Å². The molecule has 0 aliphatic heterocycles. The Morgan fingerprint density at radius 3 is 2.87 bits per heavy atom. The lowest BCUT2D eigenvalue weighted by molar-refractivity contribution is 0.351. The Hall–Kier alpha value is -1.66. The van der Waals surface area contributed by atoms with Crippen molar-refractivity contribution in [1.82, 2.24) is 4.90 Å². The summed E-state index contributed by atoms with van der Waals surface area (Å²) >= 11 is 0. The van der Waals surface area contributed by atoms with Crippen LogP contribution in [0.2, 0.25) is 0 Å². The fraction of sp³-hybridized carbons (Fsp3) is 0.333. The molecule has 1 aromatic carbocycles. The molecule has 0 atom stereocenters. The molecule has 1 rings (SSSR count). The molecule has 0 aliphatic rings. The zero-order valence-electron chi connectivity index (χ0n) is 9.16. The summed E-state index contributed by atoms with van der Waals surface area (Å²) < 4.78 is 5.25. The summed E-state index contributed by atoms with van der Waals surface area (Å²) in [4.78, 5) is 2.04. The third-order valence-electron chi connectivity index (χ3n) is 2.11. The molecule has 3 nitrogen and oxygen atoms in total. The predicted octanol–water partition coefficient (Wildman–Crippen LogP) is 1.34. The Bertz CT molecular complexity index is 368. The van der Waals surface area contributed by atoms with Crippen LogP contribution in [0.5, 0.6) is 5.75 Å². The molecule has 1 aromatic rings. The van der Waals surface area contributed by atoms with Gasteiger partial charge in [-0.15, -0.1) is 6.42 Å². The third kappa shape index (κ3) is 3.19. The summed E-state index contributed by atoms with van der Waals surface area (Å²) in [7, 11) is 3.61. The van der Waals surface area contributed by atoms with Crippen molar-refractivity contribution in [3.05, 3.63) is 23.8 Å². The summed E-state index contributed by atoms with van der Waals surface area (Å²) in [5.41, 5.74) is 7.46. The molecule has 0 bridgehead atoms. The molecule has 0 saturated heterocycles. The van der Waals surface area contributed by atoms with E-state index in [4.69, 9.17) is 16.9 Å². The van der Waals surface area contributed by atoms with Gasteiger partial charge in [0.25, 0.3) is 0 Å². The fourth-order valence-electron chi connectivity index (χ4n) is 1.39. The van der Waals surface area contributed by atoms with Crippen molar-refractivity contribution in [2.24, 2.45) is 0 Å². The Balaban J connectivity index is 2.81. The quantitative estimate of drug-likeness (QED) is 0.594. The number of anilines is 1. The summed E-state index contributed by atoms with van der Waals surface area (Å²) in [6, 6.07) is 5.64. The van der Waals surface area contributed by atoms with E-state index in [1.165, 1.54) is 0 Å². The number of hydrogen-bond acceptors (Lipinski definition) is 3. The zero-order valence-corrected chi connectivity index (χ0v) is 9.16. The van der Waals surface area contributed by atoms with Gasteiger partial charge in [-0.1, -0.05) is 12.0 Å². The zero-order chi connectivity index (χ0) is 11.3. The largest absolute Gasteiger partial charge is 0.496 e. The second-order valence-electron chi connectivity index (χ2n) is 3.45. The first-order chi connectivity index (χ1) is 7.17. The number of nitrogens with zero attached hydrogens (tertiary/aromatic N) is 1. The molecule has 0 saturated carbocycles. The molecule has 0 aliphatic carbocycles. The SMILES string of the molecule is C#CCN(C)Cc1ccc(N)cc1OC. The number of terminal acetylenes is 1. The molecule has 3 heteroatoms. The highest BCUT2D eigenvalue weighted by atomic mass is 16.5. The minimum absolute atomic E-state index is 0.619. The van der Waals surface area contributed by atoms with Gasteiger partial charge in [0.15, 0.2) is 0 Å². The smallest absolute Gasteiger partial charge is 0.125 e. The van der Waals surface area contributed by atoms with Gasteiger partial charge in [0, 0.05) is 23.9 Å². The highest BCUT2D eigenvalue weighted by Crippen LogP contribution is 2.22. The standard InChI is InChI=1S/C12H16N2O/c1-4-7-14(2)9-10-5-6-11(13)8-12(10)15-3/h1,5-6,8H,7,9,13H2,2-3H3. The highest BCUT2D eigenvalue weighted by Gasteiger charge is 2.05. The van der Waals surface area contributed by atoms with E-state index in [2.05, 4.69) is 5.92 Å². The molecule has 2 N–H and O–H groups in total. The molecular formula is C12H16N2O. The van der Waals surface area contributed by atoms with Gasteiger partial charge < -0.3 is 10.5 Å². The Kier molecular flexibility index (Phi) is 4.02. The summed E-state index contributed by atoms with van der Waals surface area (Å²) in [6.45, 7) is 1.38. The van der Waals surface area contributed by atoms with Gasteiger partial charge in [0.1, 0.15) is 5.75 Å². The lowest BCUT2D eigenvalue weighted by atomic mass is 10.1. The van der Waals surface area contributed by atoms with Crippen molar-refractivity contribution >= 4 is 5.69 Å². The van der Waals surface area contributed by atoms with Crippen LogP contribution in [0.15, 0.2) is 18.2 Å². The van der Waals surface area contributed by atoms with Gasteiger partial charge in [-0.25, -0.2) is 0 Å². The summed E-state index contributed by atoms with van der Waals surface area (Å²) in [5, 5.41) is 0. The fourth-order valence-corrected chi connectivity index (χ4v) is 1.39. The van der Waals surface area contributed by atoms with E-state index >= 15 is 0 Å². The van der Waals surface area contributed by atoms with E-state index in [9.17, 15) is 0 Å². The van der Waals surface area contributed by atoms with Crippen LogP contribution in [0, 0.1) is 12.3 Å². The second-order valence-corrected chi connectivity index (χ2v) is 3.45. The first-order valence-corrected chi connectivity index (χ1v) is 4.71. The Morgan fingerprint density at radius 1 is 1.53 bits per heavy atom. The molecular weight excluding hydrogens is 188 g/mol. The minimum atomic E-state index is 0.619. The molecule has 0 fully saturated rings. The van der Waals surface area contributed by atoms with Crippen molar-refractivity contribution in [2.45, 2.75) is 6.54 Å². The minimum Gasteiger partial charge on any atom is -0.496 e. The number of nitrogen functional groups attached to an aromatic ring is 1. The first-order valence-electron chi connectivity index (χ1n) is 4.71. The number of benzene rings is 1. The van der Waals surface area contributed by atoms with Crippen molar-refractivity contribution in [1.29, 1.82) is 0 Å². The van der Waals surface area contributed by atoms with Crippen LogP contribution in [-0.4, -0.2) is 25.6 Å². The maximum Gasteiger partial charge on any atom is 0.125 e. The van der Waals surface area contributed by atoms with Gasteiger partial charge in [-0.05, 0) is 13.1 Å². The van der Waals surface area contributed by atoms with E-state index in [0.29, 0.717) is 12.2 Å². The number of ether oxygens (including phenoxy) is 1. The lowest BCUT2D eigenvalue weighted by Crippen LogP contribution is -2.18. The van der Waals surface area contributed by atoms with Crippen LogP contribution in [0.1, 0.15) is 5.56 Å². The number of nitrogens with two attached hydrogens (primary N) is 1. The average Bonchev–Trinajstić information content (AvgIpc) is 2.21. The molecule has 0 aromatic heterocycles. The molecule has 80 valence electrons. The van der Waals surface area contributed by atoms with Crippen molar-refractivity contribution < 1.29 is 4.74 Å².